The van der Waals surface area contributed by atoms with Gasteiger partial charge in [-0.05, 0) is 22.9 Å². The van der Waals surface area contributed by atoms with Crippen LogP contribution in [0.25, 0.3) is 0 Å². The summed E-state index contributed by atoms with van der Waals surface area (Å²) in [4.78, 5) is 0. The molecule has 1 aromatic carbocycles. The van der Waals surface area contributed by atoms with Crippen LogP contribution in [0.5, 0.6) is 0 Å². The van der Waals surface area contributed by atoms with E-state index in [1.165, 1.54) is 5.56 Å². The third-order valence-electron chi connectivity index (χ3n) is 2.68. The molecule has 0 aliphatic rings. The summed E-state index contributed by atoms with van der Waals surface area (Å²) in [6.45, 7) is 6.57. The van der Waals surface area contributed by atoms with Gasteiger partial charge in [0.25, 0.3) is 0 Å². The summed E-state index contributed by atoms with van der Waals surface area (Å²) >= 11 is 18.2. The lowest BCUT2D eigenvalue weighted by Gasteiger charge is -2.32. The number of benzene rings is 1. The van der Waals surface area contributed by atoms with E-state index in [-0.39, 0.29) is 5.41 Å². The molecule has 0 saturated heterocycles. The largest absolute Gasteiger partial charge is 0.342 e. The van der Waals surface area contributed by atoms with Crippen LogP contribution in [-0.4, -0.2) is 6.00 Å². The third kappa shape index (κ3) is 4.66. The maximum Gasteiger partial charge on any atom is 0.342 e. The van der Waals surface area contributed by atoms with Crippen LogP contribution in [0, 0.1) is 5.41 Å². The van der Waals surface area contributed by atoms with Crippen molar-refractivity contribution in [3.8, 4) is 0 Å². The van der Waals surface area contributed by atoms with Gasteiger partial charge < -0.3 is 0 Å². The first-order chi connectivity index (χ1) is 7.20. The van der Waals surface area contributed by atoms with Gasteiger partial charge in [0.15, 0.2) is 0 Å². The predicted octanol–water partition coefficient (Wildman–Crippen LogP) is 5.47. The van der Waals surface area contributed by atoms with Crippen LogP contribution < -0.4 is 0 Å². The molecule has 0 bridgehead atoms. The minimum Gasteiger partial charge on any atom is -0.126 e. The van der Waals surface area contributed by atoms with Gasteiger partial charge >= 0.3 is 6.00 Å². The van der Waals surface area contributed by atoms with Crippen LogP contribution in [0.1, 0.15) is 32.3 Å². The van der Waals surface area contributed by atoms with Gasteiger partial charge in [0.05, 0.1) is 0 Å². The zero-order valence-corrected chi connectivity index (χ0v) is 13.1. The fourth-order valence-electron chi connectivity index (χ4n) is 1.84. The molecule has 1 unspecified atom stereocenters. The van der Waals surface area contributed by atoms with E-state index in [1.54, 1.807) is 0 Å². The molecule has 0 aliphatic heterocycles. The predicted molar refractivity (Wildman–Crippen MR) is 76.8 cm³/mol. The summed E-state index contributed by atoms with van der Waals surface area (Å²) < 4.78 is 0. The molecule has 0 fully saturated rings. The van der Waals surface area contributed by atoms with E-state index in [2.05, 4.69) is 32.9 Å². The van der Waals surface area contributed by atoms with Crippen molar-refractivity contribution in [1.29, 1.82) is 0 Å². The first-order valence-electron chi connectivity index (χ1n) is 5.32. The molecule has 1 rings (SSSR count). The lowest BCUT2D eigenvalue weighted by Crippen LogP contribution is -2.25. The number of rotatable bonds is 3. The highest BCUT2D eigenvalue weighted by molar-refractivity contribution is 7.64. The Morgan fingerprint density at radius 3 is 1.94 bits per heavy atom. The summed E-state index contributed by atoms with van der Waals surface area (Å²) in [7, 11) is 0. The molecule has 0 aromatic heterocycles. The number of halogens is 3. The maximum absolute atomic E-state index is 6.05. The molecule has 1 atom stereocenters. The Morgan fingerprint density at radius 1 is 1.06 bits per heavy atom. The summed E-state index contributed by atoms with van der Waals surface area (Å²) in [6.07, 6.45) is 0. The Kier molecular flexibility index (Phi) is 4.76. The molecule has 0 spiro atoms. The van der Waals surface area contributed by atoms with Crippen LogP contribution in [0.2, 0.25) is 6.04 Å². The van der Waals surface area contributed by atoms with E-state index in [4.69, 9.17) is 33.2 Å². The van der Waals surface area contributed by atoms with Crippen LogP contribution in [0.4, 0.5) is 0 Å². The van der Waals surface area contributed by atoms with Crippen LogP contribution >= 0.6 is 33.2 Å². The van der Waals surface area contributed by atoms with Crippen molar-refractivity contribution < 1.29 is 0 Å². The highest BCUT2D eigenvalue weighted by Crippen LogP contribution is 2.44. The highest BCUT2D eigenvalue weighted by atomic mass is 35.8. The van der Waals surface area contributed by atoms with E-state index in [9.17, 15) is 0 Å². The van der Waals surface area contributed by atoms with E-state index in [0.717, 1.165) is 0 Å². The van der Waals surface area contributed by atoms with Gasteiger partial charge in [-0.3, -0.25) is 0 Å². The Labute approximate surface area is 113 Å². The molecule has 0 amide bonds. The van der Waals surface area contributed by atoms with E-state index in [0.29, 0.717) is 12.0 Å². The van der Waals surface area contributed by atoms with Crippen molar-refractivity contribution in [2.24, 2.45) is 5.41 Å². The monoisotopic (exact) mass is 294 g/mol. The summed E-state index contributed by atoms with van der Waals surface area (Å²) in [6, 6.07) is 8.38. The Morgan fingerprint density at radius 2 is 1.56 bits per heavy atom. The quantitative estimate of drug-likeness (QED) is 0.512. The molecule has 0 nitrogen and oxygen atoms in total. The molecular formula is C12H17Cl3Si. The van der Waals surface area contributed by atoms with E-state index < -0.39 is 6.00 Å². The zero-order chi connectivity index (χ0) is 12.4. The summed E-state index contributed by atoms with van der Waals surface area (Å²) in [5, 5.41) is 0. The average molecular weight is 296 g/mol. The van der Waals surface area contributed by atoms with Gasteiger partial charge in [0.1, 0.15) is 0 Å². The molecule has 4 heteroatoms. The first kappa shape index (κ1) is 14.4. The van der Waals surface area contributed by atoms with Gasteiger partial charge in [-0.2, -0.15) is 0 Å². The Balaban J connectivity index is 2.98. The van der Waals surface area contributed by atoms with Crippen LogP contribution in [0.15, 0.2) is 30.3 Å². The topological polar surface area (TPSA) is 0 Å². The summed E-state index contributed by atoms with van der Waals surface area (Å²) in [5.74, 6) is 0.299. The molecular weight excluding hydrogens is 279 g/mol. The fraction of sp³-hybridized carbons (Fsp3) is 0.500. The van der Waals surface area contributed by atoms with E-state index >= 15 is 0 Å². The summed E-state index contributed by atoms with van der Waals surface area (Å²) in [5.41, 5.74) is 1.37. The number of hydrogen-bond acceptors (Lipinski definition) is 0. The maximum atomic E-state index is 6.05. The lowest BCUT2D eigenvalue weighted by atomic mass is 9.78. The second-order valence-corrected chi connectivity index (χ2v) is 14.3. The van der Waals surface area contributed by atoms with Crippen molar-refractivity contribution in [2.75, 3.05) is 0 Å². The molecule has 0 aliphatic carbocycles. The molecule has 0 saturated carbocycles. The standard InChI is InChI=1S/C12H17Cl3Si/c1-12(2,3)11(9-16(13,14)15)10-7-5-4-6-8-10/h4-8,11H,9H2,1-3H3. The number of hydrogen-bond donors (Lipinski definition) is 0. The minimum atomic E-state index is -2.60. The molecule has 1 aromatic rings. The van der Waals surface area contributed by atoms with Crippen molar-refractivity contribution in [3.63, 3.8) is 0 Å². The van der Waals surface area contributed by atoms with Crippen molar-refractivity contribution in [3.05, 3.63) is 35.9 Å². The SMILES string of the molecule is CC(C)(C)C(C[Si](Cl)(Cl)Cl)c1ccccc1. The molecule has 0 radical (unpaired) electrons. The minimum absolute atomic E-state index is 0.109. The Hall–Kier alpha value is 0.307. The van der Waals surface area contributed by atoms with Crippen LogP contribution in [0.3, 0.4) is 0 Å². The van der Waals surface area contributed by atoms with Crippen molar-refractivity contribution >= 4 is 39.2 Å². The zero-order valence-electron chi connectivity index (χ0n) is 9.81. The second-order valence-electron chi connectivity index (χ2n) is 5.15. The van der Waals surface area contributed by atoms with Gasteiger partial charge in [-0.1, -0.05) is 51.1 Å². The van der Waals surface area contributed by atoms with Crippen molar-refractivity contribution in [1.82, 2.24) is 0 Å². The first-order valence-corrected chi connectivity index (χ1v) is 10.6. The fourth-order valence-corrected chi connectivity index (χ4v) is 4.54. The average Bonchev–Trinajstić information content (AvgIpc) is 2.13. The van der Waals surface area contributed by atoms with E-state index in [1.807, 2.05) is 18.2 Å². The molecule has 0 N–H and O–H groups in total. The molecule has 16 heavy (non-hydrogen) atoms. The van der Waals surface area contributed by atoms with Gasteiger partial charge in [-0.15, -0.1) is 33.2 Å². The van der Waals surface area contributed by atoms with Gasteiger partial charge in [0.2, 0.25) is 0 Å². The smallest absolute Gasteiger partial charge is 0.126 e. The van der Waals surface area contributed by atoms with Gasteiger partial charge in [0, 0.05) is 0 Å². The molecule has 0 heterocycles. The second kappa shape index (κ2) is 5.30. The highest BCUT2D eigenvalue weighted by Gasteiger charge is 2.36. The normalized spacial score (nSPS) is 14.9. The molecule has 90 valence electrons. The van der Waals surface area contributed by atoms with Crippen LogP contribution in [-0.2, 0) is 0 Å². The Bertz CT molecular complexity index is 324. The lowest BCUT2D eigenvalue weighted by molar-refractivity contribution is 0.339. The van der Waals surface area contributed by atoms with Gasteiger partial charge in [-0.25, -0.2) is 0 Å². The third-order valence-corrected chi connectivity index (χ3v) is 4.94. The van der Waals surface area contributed by atoms with Crippen molar-refractivity contribution in [2.45, 2.75) is 32.7 Å².